The summed E-state index contributed by atoms with van der Waals surface area (Å²) in [6.45, 7) is 7.75. The molecule has 1 aromatic heterocycles. The highest BCUT2D eigenvalue weighted by molar-refractivity contribution is 6.30. The molecule has 3 aromatic carbocycles. The van der Waals surface area contributed by atoms with Gasteiger partial charge < -0.3 is 20.3 Å². The minimum Gasteiger partial charge on any atom is -0.456 e. The first-order valence-corrected chi connectivity index (χ1v) is 17.3. The Hall–Kier alpha value is -4.87. The Kier molecular flexibility index (Phi) is 10.7. The number of benzene rings is 3. The maximum atomic E-state index is 14.4. The minimum atomic E-state index is -0.795. The Balaban J connectivity index is 1.33. The van der Waals surface area contributed by atoms with E-state index in [1.54, 1.807) is 53.4 Å². The highest BCUT2D eigenvalue weighted by Gasteiger charge is 2.45. The number of nitrogens with one attached hydrogen (secondary N) is 2. The molecule has 2 saturated heterocycles. The van der Waals surface area contributed by atoms with Crippen LogP contribution in [0.2, 0.25) is 5.02 Å². The van der Waals surface area contributed by atoms with Crippen molar-refractivity contribution in [1.82, 2.24) is 30.4 Å². The molecule has 2 N–H and O–H groups in total. The number of hydrogen-bond donors (Lipinski definition) is 2. The Bertz CT molecular complexity index is 1820. The van der Waals surface area contributed by atoms with E-state index >= 15 is 0 Å². The van der Waals surface area contributed by atoms with Gasteiger partial charge in [-0.2, -0.15) is 4.68 Å². The zero-order valence-corrected chi connectivity index (χ0v) is 29.2. The van der Waals surface area contributed by atoms with Crippen LogP contribution < -0.4 is 10.6 Å². The van der Waals surface area contributed by atoms with Gasteiger partial charge in [0, 0.05) is 34.8 Å². The fraction of sp³-hybridized carbons (Fsp3) is 0.368. The number of carbonyl (C=O) groups is 3. The fourth-order valence-corrected chi connectivity index (χ4v) is 7.16. The highest BCUT2D eigenvalue weighted by atomic mass is 35.5. The molecule has 0 saturated carbocycles. The molecule has 0 spiro atoms. The van der Waals surface area contributed by atoms with E-state index in [0.29, 0.717) is 40.0 Å². The summed E-state index contributed by atoms with van der Waals surface area (Å²) < 4.78 is 7.00. The molecule has 3 unspecified atom stereocenters. The molecular weight excluding hydrogens is 654 g/mol. The lowest BCUT2D eigenvalue weighted by atomic mass is 9.71. The van der Waals surface area contributed by atoms with Crippen molar-refractivity contribution in [2.75, 3.05) is 25.0 Å². The molecule has 11 nitrogen and oxygen atoms in total. The number of esters is 1. The van der Waals surface area contributed by atoms with Crippen molar-refractivity contribution in [2.45, 2.75) is 57.6 Å². The maximum Gasteiger partial charge on any atom is 0.338 e. The van der Waals surface area contributed by atoms with Crippen molar-refractivity contribution in [3.63, 3.8) is 0 Å². The average molecular weight is 696 g/mol. The van der Waals surface area contributed by atoms with Crippen molar-refractivity contribution < 1.29 is 19.1 Å². The van der Waals surface area contributed by atoms with Crippen molar-refractivity contribution in [2.24, 2.45) is 11.8 Å². The van der Waals surface area contributed by atoms with Crippen LogP contribution in [-0.2, 0) is 14.3 Å². The molecule has 3 atom stereocenters. The predicted molar refractivity (Wildman–Crippen MR) is 192 cm³/mol. The number of ether oxygens (including phenoxy) is 1. The van der Waals surface area contributed by atoms with Crippen LogP contribution in [0.4, 0.5) is 5.69 Å². The van der Waals surface area contributed by atoms with E-state index in [9.17, 15) is 14.4 Å². The lowest BCUT2D eigenvalue weighted by Gasteiger charge is -2.46. The van der Waals surface area contributed by atoms with Crippen LogP contribution in [0.15, 0.2) is 85.2 Å². The van der Waals surface area contributed by atoms with Crippen LogP contribution in [0.25, 0.3) is 11.8 Å². The van der Waals surface area contributed by atoms with E-state index in [1.807, 2.05) is 51.1 Å². The van der Waals surface area contributed by atoms with Gasteiger partial charge in [0.15, 0.2) is 0 Å². The average Bonchev–Trinajstić information content (AvgIpc) is 3.65. The van der Waals surface area contributed by atoms with Gasteiger partial charge >= 0.3 is 5.97 Å². The van der Waals surface area contributed by atoms with Gasteiger partial charge in [0.2, 0.25) is 11.8 Å². The first kappa shape index (κ1) is 35.0. The van der Waals surface area contributed by atoms with Crippen molar-refractivity contribution >= 4 is 41.1 Å². The Morgan fingerprint density at radius 3 is 2.40 bits per heavy atom. The molecule has 0 aliphatic carbocycles. The SMILES string of the molecule is CC(C)(C)OC(=O)c1ccc(NC(=O)C2C(c3ccccc3)CC(C3CCNCC3)CN2C(=O)C=Cc2cc(Cl)ccc2-n2cnnn2)cc1. The minimum absolute atomic E-state index is 0.208. The number of anilines is 1. The summed E-state index contributed by atoms with van der Waals surface area (Å²) in [6.07, 6.45) is 7.48. The number of halogens is 1. The zero-order chi connectivity index (χ0) is 35.3. The molecule has 12 heteroatoms. The van der Waals surface area contributed by atoms with E-state index in [-0.39, 0.29) is 23.7 Å². The Labute approximate surface area is 297 Å². The third-order valence-electron chi connectivity index (χ3n) is 9.31. The molecule has 0 radical (unpaired) electrons. The van der Waals surface area contributed by atoms with E-state index in [0.717, 1.165) is 37.9 Å². The number of amides is 2. The summed E-state index contributed by atoms with van der Waals surface area (Å²) in [5.74, 6) is -0.641. The summed E-state index contributed by atoms with van der Waals surface area (Å²) in [4.78, 5) is 43.1. The van der Waals surface area contributed by atoms with Crippen LogP contribution in [0.5, 0.6) is 0 Å². The first-order chi connectivity index (χ1) is 24.1. The number of hydrogen-bond acceptors (Lipinski definition) is 8. The summed E-state index contributed by atoms with van der Waals surface area (Å²) in [5.41, 5.74) is 2.57. The molecule has 50 heavy (non-hydrogen) atoms. The maximum absolute atomic E-state index is 14.4. The van der Waals surface area contributed by atoms with E-state index in [1.165, 1.54) is 17.1 Å². The van der Waals surface area contributed by atoms with E-state index in [2.05, 4.69) is 26.2 Å². The van der Waals surface area contributed by atoms with Gasteiger partial charge in [-0.25, -0.2) is 4.79 Å². The van der Waals surface area contributed by atoms with Crippen molar-refractivity contribution in [3.05, 3.63) is 107 Å². The number of nitrogens with zero attached hydrogens (tertiary/aromatic N) is 5. The van der Waals surface area contributed by atoms with Crippen LogP contribution in [0.1, 0.15) is 67.4 Å². The van der Waals surface area contributed by atoms with Gasteiger partial charge in [-0.1, -0.05) is 41.9 Å². The van der Waals surface area contributed by atoms with Crippen LogP contribution in [0.3, 0.4) is 0 Å². The molecular formula is C38H42ClN7O4. The van der Waals surface area contributed by atoms with E-state index < -0.39 is 17.6 Å². The summed E-state index contributed by atoms with van der Waals surface area (Å²) in [5, 5.41) is 18.5. The number of tetrazole rings is 1. The van der Waals surface area contributed by atoms with Gasteiger partial charge in [-0.05, 0) is 129 Å². The lowest BCUT2D eigenvalue weighted by Crippen LogP contribution is -2.56. The van der Waals surface area contributed by atoms with Crippen LogP contribution >= 0.6 is 11.6 Å². The van der Waals surface area contributed by atoms with Crippen LogP contribution in [-0.4, -0.2) is 74.2 Å². The number of aromatic nitrogens is 4. The van der Waals surface area contributed by atoms with Crippen molar-refractivity contribution in [1.29, 1.82) is 0 Å². The number of likely N-dealkylation sites (tertiary alicyclic amines) is 1. The zero-order valence-electron chi connectivity index (χ0n) is 28.5. The second kappa shape index (κ2) is 15.3. The largest absolute Gasteiger partial charge is 0.456 e. The molecule has 260 valence electrons. The lowest BCUT2D eigenvalue weighted by molar-refractivity contribution is -0.139. The Morgan fingerprint density at radius 2 is 1.72 bits per heavy atom. The van der Waals surface area contributed by atoms with Gasteiger partial charge in [0.1, 0.15) is 18.0 Å². The Morgan fingerprint density at radius 1 is 0.980 bits per heavy atom. The quantitative estimate of drug-likeness (QED) is 0.172. The molecule has 4 aromatic rings. The number of rotatable bonds is 8. The van der Waals surface area contributed by atoms with Gasteiger partial charge in [0.05, 0.1) is 11.3 Å². The molecule has 2 amide bonds. The smallest absolute Gasteiger partial charge is 0.338 e. The van der Waals surface area contributed by atoms with Gasteiger partial charge in [0.25, 0.3) is 0 Å². The molecule has 0 bridgehead atoms. The number of piperidine rings is 2. The first-order valence-electron chi connectivity index (χ1n) is 17.0. The molecule has 3 heterocycles. The summed E-state index contributed by atoms with van der Waals surface area (Å²) in [7, 11) is 0. The molecule has 2 fully saturated rings. The molecule has 2 aliphatic rings. The molecule has 6 rings (SSSR count). The van der Waals surface area contributed by atoms with E-state index in [4.69, 9.17) is 16.3 Å². The predicted octanol–water partition coefficient (Wildman–Crippen LogP) is 5.92. The third-order valence-corrected chi connectivity index (χ3v) is 9.55. The summed E-state index contributed by atoms with van der Waals surface area (Å²) >= 11 is 6.36. The number of carbonyl (C=O) groups excluding carboxylic acids is 3. The van der Waals surface area contributed by atoms with Crippen molar-refractivity contribution in [3.8, 4) is 5.69 Å². The van der Waals surface area contributed by atoms with Gasteiger partial charge in [-0.15, -0.1) is 5.10 Å². The molecule has 2 aliphatic heterocycles. The summed E-state index contributed by atoms with van der Waals surface area (Å²) in [6, 6.07) is 21.1. The topological polar surface area (TPSA) is 131 Å². The monoisotopic (exact) mass is 695 g/mol. The second-order valence-corrected chi connectivity index (χ2v) is 14.3. The third kappa shape index (κ3) is 8.46. The highest BCUT2D eigenvalue weighted by Crippen LogP contribution is 2.41. The standard InChI is InChI=1S/C38H42ClN7O4/c1-38(2,3)50-37(49)27-9-13-31(14-10-27)42-36(48)35-32(26-7-5-4-6-8-26)22-29(25-17-19-40-20-18-25)23-45(35)34(47)16-11-28-21-30(39)12-15-33(28)46-24-41-43-44-46/h4-16,21,24-25,29,32,35,40H,17-20,22-23H2,1-3H3,(H,42,48). The van der Waals surface area contributed by atoms with Gasteiger partial charge in [-0.3, -0.25) is 9.59 Å². The fourth-order valence-electron chi connectivity index (χ4n) is 6.98. The van der Waals surface area contributed by atoms with Crippen LogP contribution in [0, 0.1) is 11.8 Å². The second-order valence-electron chi connectivity index (χ2n) is 13.9. The normalized spacial score (nSPS) is 20.1.